The first-order chi connectivity index (χ1) is 16.5. The fourth-order valence-electron chi connectivity index (χ4n) is 5.79. The molecule has 0 radical (unpaired) electrons. The summed E-state index contributed by atoms with van der Waals surface area (Å²) in [5.41, 5.74) is 2.93. The molecule has 9 nitrogen and oxygen atoms in total. The molecule has 0 aromatic carbocycles. The third-order valence-electron chi connectivity index (χ3n) is 7.95. The molecule has 2 aliphatic heterocycles. The molecule has 1 saturated heterocycles. The second kappa shape index (κ2) is 7.78. The monoisotopic (exact) mass is 461 g/mol. The van der Waals surface area contributed by atoms with E-state index in [0.29, 0.717) is 29.6 Å². The Bertz CT molecular complexity index is 1190. The highest BCUT2D eigenvalue weighted by molar-refractivity contribution is 5.87. The average molecular weight is 462 g/mol. The summed E-state index contributed by atoms with van der Waals surface area (Å²) in [5, 5.41) is 7.89. The van der Waals surface area contributed by atoms with E-state index in [4.69, 9.17) is 9.72 Å². The van der Waals surface area contributed by atoms with Crippen LogP contribution in [-0.2, 0) is 11.8 Å². The number of hydrogen-bond acceptors (Lipinski definition) is 6. The molecule has 2 unspecified atom stereocenters. The number of nitrogens with zero attached hydrogens (tertiary/aromatic N) is 6. The maximum atomic E-state index is 12.0. The molecule has 2 aromatic rings. The summed E-state index contributed by atoms with van der Waals surface area (Å²) in [5.74, 6) is 4.58. The van der Waals surface area contributed by atoms with Gasteiger partial charge in [-0.2, -0.15) is 0 Å². The Morgan fingerprint density at radius 3 is 2.74 bits per heavy atom. The van der Waals surface area contributed by atoms with Crippen LogP contribution in [0.2, 0.25) is 0 Å². The van der Waals surface area contributed by atoms with Gasteiger partial charge in [0.15, 0.2) is 5.82 Å². The molecule has 2 aromatic heterocycles. The lowest BCUT2D eigenvalue weighted by Gasteiger charge is -2.34. The lowest BCUT2D eigenvalue weighted by molar-refractivity contribution is -0.125. The van der Waals surface area contributed by atoms with Gasteiger partial charge < -0.3 is 19.9 Å². The summed E-state index contributed by atoms with van der Waals surface area (Å²) < 4.78 is 9.41. The van der Waals surface area contributed by atoms with E-state index in [0.717, 1.165) is 42.7 Å². The number of amides is 1. The number of hydrogen-bond donors (Lipinski definition) is 1. The molecule has 0 spiro atoms. The standard InChI is InChI=1S/C25H31N7O2/c1-5-23(33)31-11-18-17(19(18)12-31)10-30-14-20(27-21-13-29(3)28-25(21)34-4)24-26-9-22(16-7-6-8-16)32(24)15(30)2/h5,9,13-14,16-19,27H,1-2,6-8,10-12H2,3-4H3. The van der Waals surface area contributed by atoms with Crippen LogP contribution in [0.25, 0.3) is 11.5 Å². The summed E-state index contributed by atoms with van der Waals surface area (Å²) in [6, 6.07) is 0. The van der Waals surface area contributed by atoms with E-state index >= 15 is 0 Å². The Kier molecular flexibility index (Phi) is 4.82. The quantitative estimate of drug-likeness (QED) is 0.639. The topological polar surface area (TPSA) is 80.5 Å². The molecule has 2 aliphatic carbocycles. The number of aryl methyl sites for hydroxylation is 1. The minimum Gasteiger partial charge on any atom is -0.478 e. The van der Waals surface area contributed by atoms with Crippen LogP contribution in [0.5, 0.6) is 5.88 Å². The summed E-state index contributed by atoms with van der Waals surface area (Å²) in [4.78, 5) is 21.0. The molecule has 1 N–H and O–H groups in total. The molecule has 0 bridgehead atoms. The van der Waals surface area contributed by atoms with Crippen molar-refractivity contribution in [3.63, 3.8) is 0 Å². The summed E-state index contributed by atoms with van der Waals surface area (Å²) in [7, 11) is 3.50. The van der Waals surface area contributed by atoms with Crippen molar-refractivity contribution in [3.05, 3.63) is 49.3 Å². The van der Waals surface area contributed by atoms with Crippen molar-refractivity contribution in [2.75, 3.05) is 32.1 Å². The third-order valence-corrected chi connectivity index (χ3v) is 7.95. The van der Waals surface area contributed by atoms with Crippen molar-refractivity contribution in [2.24, 2.45) is 24.8 Å². The lowest BCUT2D eigenvalue weighted by Crippen LogP contribution is -2.34. The second-order valence-corrected chi connectivity index (χ2v) is 9.87. The number of imidazole rings is 1. The maximum absolute atomic E-state index is 12.0. The van der Waals surface area contributed by atoms with E-state index in [1.165, 1.54) is 31.0 Å². The SMILES string of the molecule is C=CC(=O)N1CC2C(CN3C=C(Nc4cn(C)nc4OC)c4ncc(C5CCC5)n4C3=C)C2C1. The van der Waals surface area contributed by atoms with Crippen molar-refractivity contribution >= 4 is 23.1 Å². The van der Waals surface area contributed by atoms with Crippen LogP contribution in [0.4, 0.5) is 5.69 Å². The summed E-state index contributed by atoms with van der Waals surface area (Å²) >= 11 is 0. The van der Waals surface area contributed by atoms with Crippen LogP contribution in [0.15, 0.2) is 37.8 Å². The first-order valence-corrected chi connectivity index (χ1v) is 12.0. The number of fused-ring (bicyclic) bond motifs is 2. The van der Waals surface area contributed by atoms with Gasteiger partial charge in [0.2, 0.25) is 5.91 Å². The zero-order chi connectivity index (χ0) is 23.6. The second-order valence-electron chi connectivity index (χ2n) is 9.87. The van der Waals surface area contributed by atoms with Crippen molar-refractivity contribution in [1.82, 2.24) is 29.1 Å². The molecule has 178 valence electrons. The summed E-state index contributed by atoms with van der Waals surface area (Å²) in [6.07, 6.45) is 11.1. The van der Waals surface area contributed by atoms with E-state index in [1.807, 2.05) is 24.3 Å². The highest BCUT2D eigenvalue weighted by Gasteiger charge is 2.56. The predicted octanol–water partition coefficient (Wildman–Crippen LogP) is 2.94. The van der Waals surface area contributed by atoms with Gasteiger partial charge in [0.25, 0.3) is 5.88 Å². The molecule has 2 atom stereocenters. The van der Waals surface area contributed by atoms with Gasteiger partial charge in [-0.25, -0.2) is 4.98 Å². The number of likely N-dealkylation sites (tertiary alicyclic amines) is 1. The van der Waals surface area contributed by atoms with Gasteiger partial charge in [-0.15, -0.1) is 5.10 Å². The Morgan fingerprint density at radius 1 is 1.32 bits per heavy atom. The van der Waals surface area contributed by atoms with E-state index in [9.17, 15) is 4.79 Å². The highest BCUT2D eigenvalue weighted by atomic mass is 16.5. The first-order valence-electron chi connectivity index (χ1n) is 12.0. The molecule has 3 fully saturated rings. The number of nitrogens with one attached hydrogen (secondary N) is 1. The van der Waals surface area contributed by atoms with E-state index < -0.39 is 0 Å². The van der Waals surface area contributed by atoms with Crippen LogP contribution >= 0.6 is 0 Å². The van der Waals surface area contributed by atoms with E-state index in [-0.39, 0.29) is 5.91 Å². The van der Waals surface area contributed by atoms with Crippen LogP contribution < -0.4 is 10.1 Å². The molecule has 2 saturated carbocycles. The predicted molar refractivity (Wildman–Crippen MR) is 129 cm³/mol. The number of carbonyl (C=O) groups is 1. The van der Waals surface area contributed by atoms with E-state index in [2.05, 4.69) is 39.2 Å². The van der Waals surface area contributed by atoms with Crippen molar-refractivity contribution in [1.29, 1.82) is 0 Å². The Morgan fingerprint density at radius 2 is 2.09 bits per heavy atom. The number of carbonyl (C=O) groups excluding carboxylic acids is 1. The van der Waals surface area contributed by atoms with Crippen LogP contribution in [0, 0.1) is 17.8 Å². The molecule has 34 heavy (non-hydrogen) atoms. The molecule has 4 aliphatic rings. The van der Waals surface area contributed by atoms with Crippen LogP contribution in [-0.4, -0.2) is 61.8 Å². The zero-order valence-corrected chi connectivity index (χ0v) is 19.8. The van der Waals surface area contributed by atoms with Crippen LogP contribution in [0.3, 0.4) is 0 Å². The number of anilines is 1. The van der Waals surface area contributed by atoms with Crippen LogP contribution in [0.1, 0.15) is 36.7 Å². The molecule has 4 heterocycles. The summed E-state index contributed by atoms with van der Waals surface area (Å²) in [6.45, 7) is 10.6. The first kappa shape index (κ1) is 21.1. The molecule has 9 heteroatoms. The Balaban J connectivity index is 1.28. The van der Waals surface area contributed by atoms with Gasteiger partial charge in [-0.1, -0.05) is 19.6 Å². The molecular weight excluding hydrogens is 430 g/mol. The highest BCUT2D eigenvalue weighted by Crippen LogP contribution is 2.53. The molecule has 1 amide bonds. The van der Waals surface area contributed by atoms with Gasteiger partial charge >= 0.3 is 0 Å². The molecular formula is C25H31N7O2. The van der Waals surface area contributed by atoms with Crippen molar-refractivity contribution in [2.45, 2.75) is 25.2 Å². The van der Waals surface area contributed by atoms with E-state index in [1.54, 1.807) is 11.8 Å². The Hall–Kier alpha value is -3.49. The number of ether oxygens (including phenoxy) is 1. The third kappa shape index (κ3) is 3.25. The number of methoxy groups -OCH3 is 1. The van der Waals surface area contributed by atoms with Gasteiger partial charge in [0.05, 0.1) is 19.0 Å². The largest absolute Gasteiger partial charge is 0.478 e. The zero-order valence-electron chi connectivity index (χ0n) is 19.8. The average Bonchev–Trinajstić information content (AvgIpc) is 3.21. The number of aromatic nitrogens is 4. The smallest absolute Gasteiger partial charge is 0.256 e. The van der Waals surface area contributed by atoms with Crippen molar-refractivity contribution < 1.29 is 9.53 Å². The van der Waals surface area contributed by atoms with Gasteiger partial charge in [0.1, 0.15) is 11.5 Å². The normalized spacial score (nSPS) is 25.4. The fourth-order valence-corrected chi connectivity index (χ4v) is 5.79. The lowest BCUT2D eigenvalue weighted by atomic mass is 9.83. The van der Waals surface area contributed by atoms with Crippen molar-refractivity contribution in [3.8, 4) is 5.88 Å². The number of piperidine rings is 1. The fraction of sp³-hybridized carbons (Fsp3) is 0.480. The molecule has 6 rings (SSSR count). The van der Waals surface area contributed by atoms with Gasteiger partial charge in [0, 0.05) is 50.7 Å². The maximum Gasteiger partial charge on any atom is 0.256 e. The minimum absolute atomic E-state index is 0.0401. The Labute approximate surface area is 199 Å². The van der Waals surface area contributed by atoms with Gasteiger partial charge in [-0.05, 0) is 36.7 Å². The van der Waals surface area contributed by atoms with Gasteiger partial charge in [-0.3, -0.25) is 14.0 Å². The number of rotatable bonds is 7. The minimum atomic E-state index is 0.0401.